The molecule has 0 aliphatic carbocycles. The lowest BCUT2D eigenvalue weighted by Crippen LogP contribution is -2.32. The largest absolute Gasteiger partial charge is 0.480 e. The molecule has 0 bridgehead atoms. The molecule has 0 aliphatic rings. The molecule has 20 heavy (non-hydrogen) atoms. The first-order valence-electron chi connectivity index (χ1n) is 5.98. The third-order valence-electron chi connectivity index (χ3n) is 2.53. The molecule has 0 spiro atoms. The van der Waals surface area contributed by atoms with Crippen molar-refractivity contribution in [3.05, 3.63) is 66.2 Å². The summed E-state index contributed by atoms with van der Waals surface area (Å²) in [4.78, 5) is 28.0. The van der Waals surface area contributed by atoms with Crippen LogP contribution in [-0.2, 0) is 9.63 Å². The molecule has 0 aliphatic heterocycles. The average Bonchev–Trinajstić information content (AvgIpc) is 2.48. The smallest absolute Gasteiger partial charge is 0.363 e. The molecule has 102 valence electrons. The molecule has 2 aromatic carbocycles. The fourth-order valence-electron chi connectivity index (χ4n) is 1.62. The fourth-order valence-corrected chi connectivity index (χ4v) is 1.62. The van der Waals surface area contributed by atoms with Gasteiger partial charge in [-0.05, 0) is 24.3 Å². The molecule has 1 N–H and O–H groups in total. The summed E-state index contributed by atoms with van der Waals surface area (Å²) in [5, 5.41) is 9.95. The van der Waals surface area contributed by atoms with Crippen LogP contribution in [0.4, 0.5) is 5.69 Å². The predicted molar refractivity (Wildman–Crippen MR) is 73.3 cm³/mol. The third-order valence-corrected chi connectivity index (χ3v) is 2.53. The van der Waals surface area contributed by atoms with Crippen LogP contribution in [0.2, 0.25) is 0 Å². The lowest BCUT2D eigenvalue weighted by molar-refractivity contribution is -0.136. The fraction of sp³-hybridized carbons (Fsp3) is 0.0667. The summed E-state index contributed by atoms with van der Waals surface area (Å²) in [5.41, 5.74) is 0.859. The quantitative estimate of drug-likeness (QED) is 0.845. The second-order valence-electron chi connectivity index (χ2n) is 4.01. The van der Waals surface area contributed by atoms with E-state index in [1.807, 2.05) is 0 Å². The lowest BCUT2D eigenvalue weighted by Gasteiger charge is -2.21. The molecule has 5 nitrogen and oxygen atoms in total. The molecule has 0 amide bonds. The SMILES string of the molecule is O=C(O)CN(OC(=O)c1ccccc1)c1ccccc1. The molecule has 0 fully saturated rings. The Bertz CT molecular complexity index is 583. The van der Waals surface area contributed by atoms with Crippen LogP contribution in [0.25, 0.3) is 0 Å². The van der Waals surface area contributed by atoms with E-state index >= 15 is 0 Å². The lowest BCUT2D eigenvalue weighted by atomic mass is 10.2. The van der Waals surface area contributed by atoms with Crippen molar-refractivity contribution in [2.24, 2.45) is 0 Å². The van der Waals surface area contributed by atoms with Crippen molar-refractivity contribution in [2.45, 2.75) is 0 Å². The molecular formula is C15H13NO4. The predicted octanol–water partition coefficient (Wildman–Crippen LogP) is 2.35. The number of hydroxylamine groups is 1. The summed E-state index contributed by atoms with van der Waals surface area (Å²) in [6, 6.07) is 17.0. The molecule has 2 rings (SSSR count). The number of aliphatic carboxylic acids is 1. The highest BCUT2D eigenvalue weighted by Gasteiger charge is 2.17. The summed E-state index contributed by atoms with van der Waals surface area (Å²) in [7, 11) is 0. The van der Waals surface area contributed by atoms with E-state index in [1.54, 1.807) is 60.7 Å². The van der Waals surface area contributed by atoms with Gasteiger partial charge >= 0.3 is 11.9 Å². The number of rotatable bonds is 5. The number of para-hydroxylation sites is 1. The summed E-state index contributed by atoms with van der Waals surface area (Å²) in [5.74, 6) is -1.69. The summed E-state index contributed by atoms with van der Waals surface area (Å²) in [6.45, 7) is -0.428. The van der Waals surface area contributed by atoms with E-state index in [0.717, 1.165) is 5.06 Å². The van der Waals surface area contributed by atoms with Gasteiger partial charge in [0.1, 0.15) is 0 Å². The van der Waals surface area contributed by atoms with E-state index in [0.29, 0.717) is 11.3 Å². The van der Waals surface area contributed by atoms with Crippen molar-refractivity contribution >= 4 is 17.6 Å². The van der Waals surface area contributed by atoms with Gasteiger partial charge < -0.3 is 9.94 Å². The van der Waals surface area contributed by atoms with E-state index < -0.39 is 18.5 Å². The van der Waals surface area contributed by atoms with Crippen LogP contribution in [0.3, 0.4) is 0 Å². The first kappa shape index (κ1) is 13.6. The zero-order chi connectivity index (χ0) is 14.4. The first-order valence-corrected chi connectivity index (χ1v) is 5.98. The van der Waals surface area contributed by atoms with Crippen LogP contribution in [0.1, 0.15) is 10.4 Å². The first-order chi connectivity index (χ1) is 9.66. The van der Waals surface area contributed by atoms with Gasteiger partial charge in [0, 0.05) is 0 Å². The van der Waals surface area contributed by atoms with E-state index in [2.05, 4.69) is 0 Å². The van der Waals surface area contributed by atoms with Gasteiger partial charge in [-0.3, -0.25) is 4.79 Å². The van der Waals surface area contributed by atoms with Crippen molar-refractivity contribution in [1.29, 1.82) is 0 Å². The Morgan fingerprint density at radius 2 is 1.50 bits per heavy atom. The highest BCUT2D eigenvalue weighted by molar-refractivity contribution is 5.90. The van der Waals surface area contributed by atoms with E-state index in [1.165, 1.54) is 0 Å². The molecule has 0 radical (unpaired) electrons. The van der Waals surface area contributed by atoms with Crippen molar-refractivity contribution in [3.8, 4) is 0 Å². The van der Waals surface area contributed by atoms with Crippen molar-refractivity contribution in [2.75, 3.05) is 11.6 Å². The van der Waals surface area contributed by atoms with Gasteiger partial charge in [-0.2, -0.15) is 5.06 Å². The number of hydrogen-bond donors (Lipinski definition) is 1. The van der Waals surface area contributed by atoms with E-state index in [9.17, 15) is 9.59 Å². The Labute approximate surface area is 116 Å². The van der Waals surface area contributed by atoms with Crippen LogP contribution in [-0.4, -0.2) is 23.6 Å². The second-order valence-corrected chi connectivity index (χ2v) is 4.01. The Hall–Kier alpha value is -2.82. The number of carboxylic acids is 1. The van der Waals surface area contributed by atoms with Crippen molar-refractivity contribution in [3.63, 3.8) is 0 Å². The van der Waals surface area contributed by atoms with Gasteiger partial charge in [0.2, 0.25) is 0 Å². The Morgan fingerprint density at radius 3 is 2.05 bits per heavy atom. The van der Waals surface area contributed by atoms with Crippen LogP contribution < -0.4 is 5.06 Å². The van der Waals surface area contributed by atoms with Crippen LogP contribution in [0.5, 0.6) is 0 Å². The molecule has 2 aromatic rings. The highest BCUT2D eigenvalue weighted by atomic mass is 16.7. The maximum Gasteiger partial charge on any atom is 0.363 e. The molecule has 0 unspecified atom stereocenters. The van der Waals surface area contributed by atoms with Crippen LogP contribution in [0, 0.1) is 0 Å². The Balaban J connectivity index is 2.16. The normalized spacial score (nSPS) is 9.80. The molecule has 0 saturated carbocycles. The summed E-state index contributed by atoms with van der Waals surface area (Å²) < 4.78 is 0. The zero-order valence-electron chi connectivity index (χ0n) is 10.6. The minimum absolute atomic E-state index is 0.360. The van der Waals surface area contributed by atoms with Gasteiger partial charge in [-0.1, -0.05) is 36.4 Å². The Kier molecular flexibility index (Phi) is 4.34. The maximum atomic E-state index is 12.0. The number of carbonyl (C=O) groups excluding carboxylic acids is 1. The molecule has 5 heteroatoms. The number of hydrogen-bond acceptors (Lipinski definition) is 4. The highest BCUT2D eigenvalue weighted by Crippen LogP contribution is 2.15. The van der Waals surface area contributed by atoms with E-state index in [-0.39, 0.29) is 0 Å². The number of carboxylic acid groups (broad SMARTS) is 1. The number of anilines is 1. The van der Waals surface area contributed by atoms with Crippen molar-refractivity contribution in [1.82, 2.24) is 0 Å². The number of nitrogens with zero attached hydrogens (tertiary/aromatic N) is 1. The van der Waals surface area contributed by atoms with Gasteiger partial charge in [-0.15, -0.1) is 0 Å². The molecular weight excluding hydrogens is 258 g/mol. The number of benzene rings is 2. The van der Waals surface area contributed by atoms with Crippen LogP contribution in [0.15, 0.2) is 60.7 Å². The minimum Gasteiger partial charge on any atom is -0.480 e. The monoisotopic (exact) mass is 271 g/mol. The summed E-state index contributed by atoms with van der Waals surface area (Å²) >= 11 is 0. The zero-order valence-corrected chi connectivity index (χ0v) is 10.6. The molecule has 0 heterocycles. The van der Waals surface area contributed by atoms with Crippen molar-refractivity contribution < 1.29 is 19.5 Å². The van der Waals surface area contributed by atoms with E-state index in [4.69, 9.17) is 9.94 Å². The van der Waals surface area contributed by atoms with Gasteiger partial charge in [0.05, 0.1) is 11.3 Å². The topological polar surface area (TPSA) is 66.8 Å². The van der Waals surface area contributed by atoms with Gasteiger partial charge in [0.15, 0.2) is 6.54 Å². The molecule has 0 aromatic heterocycles. The van der Waals surface area contributed by atoms with Crippen LogP contribution >= 0.6 is 0 Å². The second kappa shape index (κ2) is 6.38. The standard InChI is InChI=1S/C15H13NO4/c17-14(18)11-16(13-9-5-2-6-10-13)20-15(19)12-7-3-1-4-8-12/h1-10H,11H2,(H,17,18). The minimum atomic E-state index is -1.09. The summed E-state index contributed by atoms with van der Waals surface area (Å²) in [6.07, 6.45) is 0. The average molecular weight is 271 g/mol. The van der Waals surface area contributed by atoms with Gasteiger partial charge in [-0.25, -0.2) is 4.79 Å². The third kappa shape index (κ3) is 3.58. The molecule has 0 saturated heterocycles. The maximum absolute atomic E-state index is 12.0. The van der Waals surface area contributed by atoms with Gasteiger partial charge in [0.25, 0.3) is 0 Å². The molecule has 0 atom stereocenters. The Morgan fingerprint density at radius 1 is 0.950 bits per heavy atom. The number of carbonyl (C=O) groups is 2.